The molecule has 0 saturated heterocycles. The largest absolute Gasteiger partial charge is 0.444 e. The molecule has 0 aliphatic heterocycles. The van der Waals surface area contributed by atoms with Crippen LogP contribution in [0.15, 0.2) is 35.2 Å². The van der Waals surface area contributed by atoms with Gasteiger partial charge in [-0.1, -0.05) is 25.5 Å². The molecule has 1 rings (SSSR count). The summed E-state index contributed by atoms with van der Waals surface area (Å²) < 4.78 is 5.21. The van der Waals surface area contributed by atoms with Crippen LogP contribution < -0.4 is 11.1 Å². The maximum Gasteiger partial charge on any atom is 0.412 e. The van der Waals surface area contributed by atoms with Gasteiger partial charge in [0, 0.05) is 11.4 Å². The summed E-state index contributed by atoms with van der Waals surface area (Å²) in [5.41, 5.74) is 8.05. The number of hydrogen-bond acceptors (Lipinski definition) is 3. The Labute approximate surface area is 115 Å². The molecule has 0 aromatic rings. The number of hydrogen-bond donors (Lipinski definition) is 2. The van der Waals surface area contributed by atoms with Crippen LogP contribution in [-0.4, -0.2) is 11.7 Å². The number of ether oxygens (including phenoxy) is 1. The average Bonchev–Trinajstić information content (AvgIpc) is 2.39. The van der Waals surface area contributed by atoms with Gasteiger partial charge in [0.25, 0.3) is 0 Å². The van der Waals surface area contributed by atoms with E-state index in [0.717, 1.165) is 24.8 Å². The molecule has 0 fully saturated rings. The minimum Gasteiger partial charge on any atom is -0.444 e. The molecule has 0 bridgehead atoms. The van der Waals surface area contributed by atoms with Crippen LogP contribution in [0, 0.1) is 0 Å². The van der Waals surface area contributed by atoms with Gasteiger partial charge in [-0.3, -0.25) is 5.32 Å². The van der Waals surface area contributed by atoms with E-state index in [4.69, 9.17) is 10.5 Å². The second kappa shape index (κ2) is 6.45. The Kier molecular flexibility index (Phi) is 5.21. The molecule has 0 saturated carbocycles. The summed E-state index contributed by atoms with van der Waals surface area (Å²) in [6.45, 7) is 7.61. The molecular formula is C15H24N2O2. The lowest BCUT2D eigenvalue weighted by Gasteiger charge is -2.20. The standard InChI is InChI=1S/C15H24N2O2/c1-5-7-11-8-6-9-12(10-13(11)16)17-14(18)19-15(2,3)4/h8-10H,5-7,16H2,1-4H3,(H,17,18). The Morgan fingerprint density at radius 3 is 2.68 bits per heavy atom. The Morgan fingerprint density at radius 2 is 2.11 bits per heavy atom. The van der Waals surface area contributed by atoms with E-state index >= 15 is 0 Å². The van der Waals surface area contributed by atoms with Crippen molar-refractivity contribution in [2.75, 3.05) is 0 Å². The molecule has 0 aromatic heterocycles. The molecule has 0 aromatic carbocycles. The van der Waals surface area contributed by atoms with Gasteiger partial charge in [0.05, 0.1) is 0 Å². The molecule has 0 radical (unpaired) electrons. The number of carbonyl (C=O) groups excluding carboxylic acids is 1. The van der Waals surface area contributed by atoms with Crippen molar-refractivity contribution >= 4 is 6.09 Å². The third kappa shape index (κ3) is 5.64. The molecule has 1 amide bonds. The molecule has 1 aliphatic rings. The molecule has 4 heteroatoms. The first kappa shape index (κ1) is 15.3. The van der Waals surface area contributed by atoms with Crippen molar-refractivity contribution in [2.45, 2.75) is 52.6 Å². The predicted octanol–water partition coefficient (Wildman–Crippen LogP) is 3.37. The zero-order chi connectivity index (χ0) is 14.5. The van der Waals surface area contributed by atoms with Crippen molar-refractivity contribution in [1.82, 2.24) is 5.32 Å². The highest BCUT2D eigenvalue weighted by Crippen LogP contribution is 2.18. The van der Waals surface area contributed by atoms with Crippen molar-refractivity contribution in [1.29, 1.82) is 0 Å². The molecule has 0 unspecified atom stereocenters. The number of allylic oxidation sites excluding steroid dienone is 4. The third-order valence-corrected chi connectivity index (χ3v) is 2.55. The molecule has 4 nitrogen and oxygen atoms in total. The van der Waals surface area contributed by atoms with Gasteiger partial charge in [-0.15, -0.1) is 0 Å². The van der Waals surface area contributed by atoms with Crippen molar-refractivity contribution in [3.63, 3.8) is 0 Å². The zero-order valence-corrected chi connectivity index (χ0v) is 12.2. The second-order valence-corrected chi connectivity index (χ2v) is 5.60. The van der Waals surface area contributed by atoms with Gasteiger partial charge < -0.3 is 10.5 Å². The summed E-state index contributed by atoms with van der Waals surface area (Å²) in [7, 11) is 0. The fourth-order valence-corrected chi connectivity index (χ4v) is 1.79. The van der Waals surface area contributed by atoms with Crippen LogP contribution in [0.2, 0.25) is 0 Å². The minimum absolute atomic E-state index is 0.457. The van der Waals surface area contributed by atoms with Gasteiger partial charge in [0.2, 0.25) is 0 Å². The van der Waals surface area contributed by atoms with E-state index in [9.17, 15) is 4.79 Å². The number of nitrogens with one attached hydrogen (secondary N) is 1. The highest BCUT2D eigenvalue weighted by atomic mass is 16.6. The van der Waals surface area contributed by atoms with Crippen molar-refractivity contribution in [3.8, 4) is 0 Å². The predicted molar refractivity (Wildman–Crippen MR) is 77.3 cm³/mol. The Bertz CT molecular complexity index is 426. The van der Waals surface area contributed by atoms with Crippen molar-refractivity contribution in [3.05, 3.63) is 35.2 Å². The molecule has 0 heterocycles. The summed E-state index contributed by atoms with van der Waals surface area (Å²) in [5, 5.41) is 2.72. The normalized spacial score (nSPS) is 15.9. The Hall–Kier alpha value is -1.71. The first-order valence-electron chi connectivity index (χ1n) is 6.68. The van der Waals surface area contributed by atoms with Gasteiger partial charge in [0.1, 0.15) is 5.60 Å². The van der Waals surface area contributed by atoms with E-state index in [-0.39, 0.29) is 0 Å². The molecular weight excluding hydrogens is 240 g/mol. The first-order chi connectivity index (χ1) is 8.81. The molecule has 106 valence electrons. The van der Waals surface area contributed by atoms with E-state index in [0.29, 0.717) is 11.4 Å². The van der Waals surface area contributed by atoms with Crippen molar-refractivity contribution < 1.29 is 9.53 Å². The second-order valence-electron chi connectivity index (χ2n) is 5.60. The van der Waals surface area contributed by atoms with Gasteiger partial charge in [-0.25, -0.2) is 4.79 Å². The van der Waals surface area contributed by atoms with Crippen LogP contribution in [0.4, 0.5) is 4.79 Å². The number of alkyl carbamates (subject to hydrolysis) is 1. The maximum absolute atomic E-state index is 11.7. The van der Waals surface area contributed by atoms with Gasteiger partial charge >= 0.3 is 6.09 Å². The van der Waals surface area contributed by atoms with E-state index in [1.165, 1.54) is 0 Å². The summed E-state index contributed by atoms with van der Waals surface area (Å²) in [6.07, 6.45) is 8.13. The minimum atomic E-state index is -0.504. The van der Waals surface area contributed by atoms with Crippen LogP contribution in [0.1, 0.15) is 47.0 Å². The zero-order valence-electron chi connectivity index (χ0n) is 12.2. The number of nitrogens with two attached hydrogens (primary N) is 1. The quantitative estimate of drug-likeness (QED) is 0.821. The van der Waals surface area contributed by atoms with E-state index in [2.05, 4.69) is 18.3 Å². The lowest BCUT2D eigenvalue weighted by atomic mass is 10.1. The average molecular weight is 264 g/mol. The van der Waals surface area contributed by atoms with Crippen LogP contribution in [0.25, 0.3) is 0 Å². The molecule has 19 heavy (non-hydrogen) atoms. The van der Waals surface area contributed by atoms with E-state index in [1.54, 1.807) is 6.08 Å². The monoisotopic (exact) mass is 264 g/mol. The molecule has 3 N–H and O–H groups in total. The van der Waals surface area contributed by atoms with Crippen LogP contribution in [0.3, 0.4) is 0 Å². The summed E-state index contributed by atoms with van der Waals surface area (Å²) in [5.74, 6) is 0. The van der Waals surface area contributed by atoms with Crippen LogP contribution >= 0.6 is 0 Å². The number of carbonyl (C=O) groups is 1. The lowest BCUT2D eigenvalue weighted by molar-refractivity contribution is 0.0548. The maximum atomic E-state index is 11.7. The Balaban J connectivity index is 2.67. The van der Waals surface area contributed by atoms with E-state index in [1.807, 2.05) is 26.8 Å². The molecule has 0 atom stereocenters. The van der Waals surface area contributed by atoms with Gasteiger partial charge in [0.15, 0.2) is 0 Å². The van der Waals surface area contributed by atoms with Crippen molar-refractivity contribution in [2.24, 2.45) is 5.73 Å². The number of amides is 1. The highest BCUT2D eigenvalue weighted by molar-refractivity contribution is 5.71. The van der Waals surface area contributed by atoms with Gasteiger partial charge in [-0.05, 0) is 45.3 Å². The topological polar surface area (TPSA) is 64.3 Å². The summed E-state index contributed by atoms with van der Waals surface area (Å²) in [6, 6.07) is 0. The van der Waals surface area contributed by atoms with Crippen LogP contribution in [0.5, 0.6) is 0 Å². The Morgan fingerprint density at radius 1 is 1.42 bits per heavy atom. The highest BCUT2D eigenvalue weighted by Gasteiger charge is 2.17. The molecule has 0 spiro atoms. The lowest BCUT2D eigenvalue weighted by Crippen LogP contribution is -2.31. The van der Waals surface area contributed by atoms with Crippen LogP contribution in [-0.2, 0) is 4.74 Å². The van der Waals surface area contributed by atoms with Gasteiger partial charge in [-0.2, -0.15) is 0 Å². The molecule has 1 aliphatic carbocycles. The van der Waals surface area contributed by atoms with E-state index < -0.39 is 11.7 Å². The summed E-state index contributed by atoms with van der Waals surface area (Å²) >= 11 is 0. The fraction of sp³-hybridized carbons (Fsp3) is 0.533. The fourth-order valence-electron chi connectivity index (χ4n) is 1.79. The smallest absolute Gasteiger partial charge is 0.412 e. The first-order valence-corrected chi connectivity index (χ1v) is 6.68. The third-order valence-electron chi connectivity index (χ3n) is 2.55. The summed E-state index contributed by atoms with van der Waals surface area (Å²) in [4.78, 5) is 11.7. The number of rotatable bonds is 3. The SMILES string of the molecule is CCCC1=CCC=C(NC(=O)OC(C)(C)C)C=C1N.